The summed E-state index contributed by atoms with van der Waals surface area (Å²) in [6.07, 6.45) is 2.68. The SMILES string of the molecule is C[C@@H]1CC[C@H](C(=O)N2CCCc3c2cccc3[N+](=O)[O-])O1. The summed E-state index contributed by atoms with van der Waals surface area (Å²) in [7, 11) is 0. The van der Waals surface area contributed by atoms with Crippen molar-refractivity contribution in [3.8, 4) is 0 Å². The summed E-state index contributed by atoms with van der Waals surface area (Å²) in [5.74, 6) is -0.0687. The Hall–Kier alpha value is -1.95. The van der Waals surface area contributed by atoms with E-state index in [4.69, 9.17) is 4.74 Å². The third-order valence-electron chi connectivity index (χ3n) is 4.20. The van der Waals surface area contributed by atoms with E-state index < -0.39 is 6.10 Å². The zero-order valence-electron chi connectivity index (χ0n) is 11.9. The third-order valence-corrected chi connectivity index (χ3v) is 4.20. The van der Waals surface area contributed by atoms with E-state index in [1.165, 1.54) is 6.07 Å². The minimum Gasteiger partial charge on any atom is -0.365 e. The molecule has 2 atom stereocenters. The fourth-order valence-electron chi connectivity index (χ4n) is 3.16. The number of carbonyl (C=O) groups is 1. The molecule has 1 amide bonds. The Bertz CT molecular complexity index is 587. The van der Waals surface area contributed by atoms with Gasteiger partial charge in [-0.3, -0.25) is 14.9 Å². The molecule has 6 heteroatoms. The number of hydrogen-bond donors (Lipinski definition) is 0. The Morgan fingerprint density at radius 3 is 2.90 bits per heavy atom. The topological polar surface area (TPSA) is 72.7 Å². The highest BCUT2D eigenvalue weighted by atomic mass is 16.6. The van der Waals surface area contributed by atoms with E-state index >= 15 is 0 Å². The average Bonchev–Trinajstić information content (AvgIpc) is 2.91. The van der Waals surface area contributed by atoms with Gasteiger partial charge >= 0.3 is 0 Å². The van der Waals surface area contributed by atoms with Gasteiger partial charge in [0, 0.05) is 12.6 Å². The maximum Gasteiger partial charge on any atom is 0.274 e. The largest absolute Gasteiger partial charge is 0.365 e. The van der Waals surface area contributed by atoms with Crippen LogP contribution < -0.4 is 4.90 Å². The van der Waals surface area contributed by atoms with Gasteiger partial charge in [-0.05, 0) is 38.7 Å². The van der Waals surface area contributed by atoms with Gasteiger partial charge in [-0.2, -0.15) is 0 Å². The quantitative estimate of drug-likeness (QED) is 0.619. The Kier molecular flexibility index (Phi) is 3.63. The number of benzene rings is 1. The first-order valence-corrected chi connectivity index (χ1v) is 7.31. The molecular formula is C15H18N2O4. The van der Waals surface area contributed by atoms with Gasteiger partial charge in [0.15, 0.2) is 0 Å². The van der Waals surface area contributed by atoms with Gasteiger partial charge in [0.1, 0.15) is 6.10 Å². The highest BCUT2D eigenvalue weighted by Gasteiger charge is 2.35. The summed E-state index contributed by atoms with van der Waals surface area (Å²) < 4.78 is 5.64. The van der Waals surface area contributed by atoms with E-state index in [0.29, 0.717) is 24.2 Å². The molecule has 0 aromatic heterocycles. The molecule has 2 aliphatic heterocycles. The first-order valence-electron chi connectivity index (χ1n) is 7.31. The van der Waals surface area contributed by atoms with E-state index in [0.717, 1.165) is 19.3 Å². The summed E-state index contributed by atoms with van der Waals surface area (Å²) >= 11 is 0. The highest BCUT2D eigenvalue weighted by molar-refractivity contribution is 5.98. The van der Waals surface area contributed by atoms with Crippen molar-refractivity contribution in [1.29, 1.82) is 0 Å². The van der Waals surface area contributed by atoms with E-state index in [1.54, 1.807) is 17.0 Å². The maximum absolute atomic E-state index is 12.6. The van der Waals surface area contributed by atoms with Gasteiger partial charge in [0.25, 0.3) is 11.6 Å². The van der Waals surface area contributed by atoms with E-state index in [-0.39, 0.29) is 22.6 Å². The third kappa shape index (κ3) is 2.51. The molecule has 1 saturated heterocycles. The van der Waals surface area contributed by atoms with Crippen molar-refractivity contribution in [2.45, 2.75) is 44.8 Å². The second-order valence-electron chi connectivity index (χ2n) is 5.64. The lowest BCUT2D eigenvalue weighted by Crippen LogP contribution is -2.42. The standard InChI is InChI=1S/C15H18N2O4/c1-10-7-8-14(21-10)15(18)16-9-3-4-11-12(16)5-2-6-13(11)17(19)20/h2,5-6,10,14H,3-4,7-9H2,1H3/t10-,14-/m1/s1. The summed E-state index contributed by atoms with van der Waals surface area (Å²) in [6.45, 7) is 2.56. The van der Waals surface area contributed by atoms with Crippen LogP contribution >= 0.6 is 0 Å². The van der Waals surface area contributed by atoms with Crippen LogP contribution in [0.25, 0.3) is 0 Å². The normalized spacial score (nSPS) is 24.7. The molecule has 21 heavy (non-hydrogen) atoms. The summed E-state index contributed by atoms with van der Waals surface area (Å²) in [4.78, 5) is 25.0. The van der Waals surface area contributed by atoms with Crippen molar-refractivity contribution < 1.29 is 14.5 Å². The summed E-state index contributed by atoms with van der Waals surface area (Å²) in [6, 6.07) is 4.93. The molecule has 0 saturated carbocycles. The summed E-state index contributed by atoms with van der Waals surface area (Å²) in [5, 5.41) is 11.1. The molecule has 2 aliphatic rings. The predicted molar refractivity (Wildman–Crippen MR) is 77.3 cm³/mol. The fourth-order valence-corrected chi connectivity index (χ4v) is 3.16. The maximum atomic E-state index is 12.6. The number of nitro benzene ring substituents is 1. The van der Waals surface area contributed by atoms with Gasteiger partial charge in [0.05, 0.1) is 22.3 Å². The lowest BCUT2D eigenvalue weighted by Gasteiger charge is -2.31. The van der Waals surface area contributed by atoms with E-state index in [2.05, 4.69) is 0 Å². The molecule has 0 unspecified atom stereocenters. The van der Waals surface area contributed by atoms with E-state index in [9.17, 15) is 14.9 Å². The molecule has 1 aromatic rings. The molecule has 0 N–H and O–H groups in total. The molecule has 2 heterocycles. The van der Waals surface area contributed by atoms with Gasteiger partial charge in [-0.15, -0.1) is 0 Å². The van der Waals surface area contributed by atoms with Crippen LogP contribution in [-0.2, 0) is 16.0 Å². The van der Waals surface area contributed by atoms with Crippen LogP contribution in [0.3, 0.4) is 0 Å². The molecule has 1 aromatic carbocycles. The lowest BCUT2D eigenvalue weighted by molar-refractivity contribution is -0.385. The molecule has 0 radical (unpaired) electrons. The fraction of sp³-hybridized carbons (Fsp3) is 0.533. The number of rotatable bonds is 2. The Morgan fingerprint density at radius 2 is 2.24 bits per heavy atom. The smallest absolute Gasteiger partial charge is 0.274 e. The van der Waals surface area contributed by atoms with Crippen LogP contribution in [-0.4, -0.2) is 29.6 Å². The Labute approximate surface area is 122 Å². The number of nitro groups is 1. The van der Waals surface area contributed by atoms with Crippen LogP contribution in [0.15, 0.2) is 18.2 Å². The number of carbonyl (C=O) groups excluding carboxylic acids is 1. The average molecular weight is 290 g/mol. The zero-order valence-corrected chi connectivity index (χ0v) is 11.9. The number of hydrogen-bond acceptors (Lipinski definition) is 4. The molecular weight excluding hydrogens is 272 g/mol. The van der Waals surface area contributed by atoms with Crippen LogP contribution in [0.5, 0.6) is 0 Å². The molecule has 6 nitrogen and oxygen atoms in total. The van der Waals surface area contributed by atoms with E-state index in [1.807, 2.05) is 6.92 Å². The number of fused-ring (bicyclic) bond motifs is 1. The first kappa shape index (κ1) is 14.0. The van der Waals surface area contributed by atoms with Crippen molar-refractivity contribution in [2.24, 2.45) is 0 Å². The molecule has 112 valence electrons. The molecule has 3 rings (SSSR count). The number of ether oxygens (including phenoxy) is 1. The second kappa shape index (κ2) is 5.44. The minimum absolute atomic E-state index is 0.0687. The Balaban J connectivity index is 1.92. The van der Waals surface area contributed by atoms with Crippen molar-refractivity contribution in [3.05, 3.63) is 33.9 Å². The highest BCUT2D eigenvalue weighted by Crippen LogP contribution is 2.35. The van der Waals surface area contributed by atoms with Crippen LogP contribution in [0.2, 0.25) is 0 Å². The van der Waals surface area contributed by atoms with Crippen molar-refractivity contribution in [2.75, 3.05) is 11.4 Å². The van der Waals surface area contributed by atoms with Gasteiger partial charge in [-0.1, -0.05) is 6.07 Å². The molecule has 0 aliphatic carbocycles. The van der Waals surface area contributed by atoms with Crippen molar-refractivity contribution >= 4 is 17.3 Å². The first-order chi connectivity index (χ1) is 10.1. The predicted octanol–water partition coefficient (Wildman–Crippen LogP) is 2.44. The van der Waals surface area contributed by atoms with Crippen LogP contribution in [0.4, 0.5) is 11.4 Å². The second-order valence-corrected chi connectivity index (χ2v) is 5.64. The monoisotopic (exact) mass is 290 g/mol. The van der Waals surface area contributed by atoms with Gasteiger partial charge in [0.2, 0.25) is 0 Å². The molecule has 1 fully saturated rings. The van der Waals surface area contributed by atoms with Crippen molar-refractivity contribution in [1.82, 2.24) is 0 Å². The number of nitrogens with zero attached hydrogens (tertiary/aromatic N) is 2. The minimum atomic E-state index is -0.412. The summed E-state index contributed by atoms with van der Waals surface area (Å²) in [5.41, 5.74) is 1.43. The zero-order chi connectivity index (χ0) is 15.0. The molecule has 0 spiro atoms. The van der Waals surface area contributed by atoms with Crippen LogP contribution in [0.1, 0.15) is 31.7 Å². The Morgan fingerprint density at radius 1 is 1.43 bits per heavy atom. The molecule has 0 bridgehead atoms. The van der Waals surface area contributed by atoms with Crippen LogP contribution in [0, 0.1) is 10.1 Å². The number of amides is 1. The van der Waals surface area contributed by atoms with Gasteiger partial charge in [-0.25, -0.2) is 0 Å². The van der Waals surface area contributed by atoms with Crippen molar-refractivity contribution in [3.63, 3.8) is 0 Å². The van der Waals surface area contributed by atoms with Gasteiger partial charge < -0.3 is 9.64 Å². The lowest BCUT2D eigenvalue weighted by atomic mass is 9.99. The number of anilines is 1.